The molecule has 1 aromatic carbocycles. The van der Waals surface area contributed by atoms with Gasteiger partial charge in [0, 0.05) is 24.2 Å². The van der Waals surface area contributed by atoms with Crippen molar-refractivity contribution in [2.75, 3.05) is 0 Å². The lowest BCUT2D eigenvalue weighted by atomic mass is 9.75. The molecule has 180 valence electrons. The van der Waals surface area contributed by atoms with Crippen LogP contribution < -0.4 is 10.6 Å². The van der Waals surface area contributed by atoms with Crippen molar-refractivity contribution in [3.05, 3.63) is 52.6 Å². The van der Waals surface area contributed by atoms with Gasteiger partial charge < -0.3 is 5.32 Å². The number of hydrogen-bond donors (Lipinski definition) is 2. The van der Waals surface area contributed by atoms with Crippen LogP contribution in [0.25, 0.3) is 0 Å². The monoisotopic (exact) mass is 474 g/mol. The third-order valence-electron chi connectivity index (χ3n) is 7.25. The van der Waals surface area contributed by atoms with Crippen molar-refractivity contribution >= 4 is 17.5 Å². The highest BCUT2D eigenvalue weighted by Gasteiger charge is 2.41. The molecule has 2 heterocycles. The molecule has 3 atom stereocenters. The van der Waals surface area contributed by atoms with E-state index in [4.69, 9.17) is 16.7 Å². The maximum atomic E-state index is 14.3. The minimum absolute atomic E-state index is 0.0249. The van der Waals surface area contributed by atoms with Gasteiger partial charge in [-0.2, -0.15) is 5.10 Å². The summed E-state index contributed by atoms with van der Waals surface area (Å²) in [4.78, 5) is 13.2. The Morgan fingerprint density at radius 3 is 2.55 bits per heavy atom. The summed E-state index contributed by atoms with van der Waals surface area (Å²) in [6, 6.07) is 6.54. The van der Waals surface area contributed by atoms with Crippen LogP contribution in [0.2, 0.25) is 5.02 Å². The van der Waals surface area contributed by atoms with Crippen LogP contribution in [0, 0.1) is 11.2 Å². The molecule has 0 radical (unpaired) electrons. The van der Waals surface area contributed by atoms with Crippen LogP contribution in [0.4, 0.5) is 4.39 Å². The molecule has 4 rings (SSSR count). The second-order valence-electron chi connectivity index (χ2n) is 11.5. The molecule has 2 fully saturated rings. The highest BCUT2D eigenvalue weighted by atomic mass is 35.5. The summed E-state index contributed by atoms with van der Waals surface area (Å²) in [5.74, 6) is -0.472. The van der Waals surface area contributed by atoms with Crippen LogP contribution in [0.3, 0.4) is 0 Å². The Morgan fingerprint density at radius 1 is 1.24 bits per heavy atom. The van der Waals surface area contributed by atoms with Crippen LogP contribution in [0.15, 0.2) is 30.5 Å². The Kier molecular flexibility index (Phi) is 6.62. The van der Waals surface area contributed by atoms with E-state index in [0.717, 1.165) is 36.9 Å². The van der Waals surface area contributed by atoms with Crippen LogP contribution in [-0.4, -0.2) is 27.8 Å². The molecule has 2 N–H and O–H groups in total. The van der Waals surface area contributed by atoms with Crippen molar-refractivity contribution in [3.8, 4) is 0 Å². The number of hydrogen-bond acceptors (Lipinski definition) is 3. The van der Waals surface area contributed by atoms with Gasteiger partial charge in [-0.3, -0.25) is 14.8 Å². The second-order valence-corrected chi connectivity index (χ2v) is 11.9. The van der Waals surface area contributed by atoms with E-state index in [2.05, 4.69) is 45.3 Å². The summed E-state index contributed by atoms with van der Waals surface area (Å²) in [5, 5.41) is 11.7. The maximum absolute atomic E-state index is 14.3. The Hall–Kier alpha value is -1.92. The molecule has 5 nitrogen and oxygen atoms in total. The summed E-state index contributed by atoms with van der Waals surface area (Å²) in [7, 11) is 0. The fourth-order valence-corrected chi connectivity index (χ4v) is 5.17. The molecule has 0 bridgehead atoms. The molecule has 1 aliphatic heterocycles. The molecule has 1 aliphatic carbocycles. The van der Waals surface area contributed by atoms with Crippen molar-refractivity contribution in [3.63, 3.8) is 0 Å². The third-order valence-corrected chi connectivity index (χ3v) is 7.56. The van der Waals surface area contributed by atoms with Gasteiger partial charge in [0.1, 0.15) is 5.82 Å². The lowest BCUT2D eigenvalue weighted by Crippen LogP contribution is -2.47. The fraction of sp³-hybridized carbons (Fsp3) is 0.615. The number of aromatic nitrogens is 2. The molecule has 0 spiro atoms. The van der Waals surface area contributed by atoms with Gasteiger partial charge in [0.25, 0.3) is 0 Å². The van der Waals surface area contributed by atoms with Gasteiger partial charge in [-0.05, 0) is 82.1 Å². The fourth-order valence-electron chi connectivity index (χ4n) is 5.05. The topological polar surface area (TPSA) is 59.0 Å². The highest BCUT2D eigenvalue weighted by Crippen LogP contribution is 2.41. The largest absolute Gasteiger partial charge is 0.352 e. The SMILES string of the molecule is CC1(C)CCC(NC(=O)[C@@H]2C[C@H](c3ccn(C(C)(C)C)n3)[C@H](c3ccc(Cl)c(F)c3)N2)CC1. The van der Waals surface area contributed by atoms with Crippen LogP contribution in [-0.2, 0) is 10.3 Å². The number of rotatable bonds is 4. The summed E-state index contributed by atoms with van der Waals surface area (Å²) in [6.45, 7) is 10.9. The van der Waals surface area contributed by atoms with Crippen LogP contribution in [0.5, 0.6) is 0 Å². The molecule has 33 heavy (non-hydrogen) atoms. The lowest BCUT2D eigenvalue weighted by molar-refractivity contribution is -0.124. The van der Waals surface area contributed by atoms with Crippen molar-refractivity contribution in [1.29, 1.82) is 0 Å². The van der Waals surface area contributed by atoms with Crippen molar-refractivity contribution in [2.45, 2.75) is 96.3 Å². The Morgan fingerprint density at radius 2 is 1.94 bits per heavy atom. The van der Waals surface area contributed by atoms with Crippen molar-refractivity contribution in [2.24, 2.45) is 5.41 Å². The van der Waals surface area contributed by atoms with E-state index in [0.29, 0.717) is 11.8 Å². The van der Waals surface area contributed by atoms with E-state index in [9.17, 15) is 9.18 Å². The minimum Gasteiger partial charge on any atom is -0.352 e. The first-order valence-corrected chi connectivity index (χ1v) is 12.4. The maximum Gasteiger partial charge on any atom is 0.237 e. The number of amides is 1. The number of nitrogens with one attached hydrogen (secondary N) is 2. The normalized spacial score (nSPS) is 25.8. The number of benzene rings is 1. The van der Waals surface area contributed by atoms with E-state index >= 15 is 0 Å². The number of halogens is 2. The highest BCUT2D eigenvalue weighted by molar-refractivity contribution is 6.30. The molecule has 1 aromatic heterocycles. The van der Waals surface area contributed by atoms with E-state index in [-0.39, 0.29) is 40.5 Å². The van der Waals surface area contributed by atoms with Crippen LogP contribution >= 0.6 is 11.6 Å². The zero-order valence-corrected chi connectivity index (χ0v) is 21.0. The molecule has 2 aromatic rings. The van der Waals surface area contributed by atoms with Gasteiger partial charge in [0.05, 0.1) is 22.3 Å². The Balaban J connectivity index is 1.55. The predicted molar refractivity (Wildman–Crippen MR) is 130 cm³/mol. The average Bonchev–Trinajstić information content (AvgIpc) is 3.39. The lowest BCUT2D eigenvalue weighted by Gasteiger charge is -2.35. The summed E-state index contributed by atoms with van der Waals surface area (Å²) < 4.78 is 16.2. The van der Waals surface area contributed by atoms with Gasteiger partial charge in [-0.1, -0.05) is 31.5 Å². The molecule has 1 saturated heterocycles. The van der Waals surface area contributed by atoms with Crippen LogP contribution in [0.1, 0.15) is 89.9 Å². The molecular weight excluding hydrogens is 439 g/mol. The predicted octanol–water partition coefficient (Wildman–Crippen LogP) is 5.70. The summed E-state index contributed by atoms with van der Waals surface area (Å²) in [6.07, 6.45) is 6.85. The van der Waals surface area contributed by atoms with Gasteiger partial charge >= 0.3 is 0 Å². The molecule has 2 aliphatic rings. The second kappa shape index (κ2) is 9.03. The third kappa shape index (κ3) is 5.43. The molecule has 7 heteroatoms. The number of nitrogens with zero attached hydrogens (tertiary/aromatic N) is 2. The van der Waals surface area contributed by atoms with Gasteiger partial charge in [0.15, 0.2) is 0 Å². The average molecular weight is 475 g/mol. The standard InChI is InChI=1S/C26H36ClFN4O/c1-25(2,3)32-13-10-21(31-32)18-15-22(24(33)29-17-8-11-26(4,5)12-9-17)30-23(18)16-6-7-19(27)20(28)14-16/h6-7,10,13-14,17-18,22-23,30H,8-9,11-12,15H2,1-5H3,(H,29,33)/t18-,22+,23+/m1/s1. The molecule has 1 amide bonds. The zero-order valence-electron chi connectivity index (χ0n) is 20.3. The molecule has 0 unspecified atom stereocenters. The summed E-state index contributed by atoms with van der Waals surface area (Å²) >= 11 is 5.93. The van der Waals surface area contributed by atoms with E-state index in [1.165, 1.54) is 6.07 Å². The van der Waals surface area contributed by atoms with Crippen molar-refractivity contribution in [1.82, 2.24) is 20.4 Å². The van der Waals surface area contributed by atoms with Crippen molar-refractivity contribution < 1.29 is 9.18 Å². The minimum atomic E-state index is -0.451. The number of carbonyl (C=O) groups is 1. The smallest absolute Gasteiger partial charge is 0.237 e. The van der Waals surface area contributed by atoms with E-state index < -0.39 is 5.82 Å². The first-order chi connectivity index (χ1) is 15.4. The van der Waals surface area contributed by atoms with E-state index in [1.54, 1.807) is 6.07 Å². The van der Waals surface area contributed by atoms with Gasteiger partial charge in [0.2, 0.25) is 5.91 Å². The van der Waals surface area contributed by atoms with E-state index in [1.807, 2.05) is 23.0 Å². The van der Waals surface area contributed by atoms with Gasteiger partial charge in [-0.25, -0.2) is 4.39 Å². The Labute approximate surface area is 201 Å². The zero-order chi connectivity index (χ0) is 24.0. The summed E-state index contributed by atoms with van der Waals surface area (Å²) in [5.41, 5.74) is 1.90. The van der Waals surface area contributed by atoms with Gasteiger partial charge in [-0.15, -0.1) is 0 Å². The quantitative estimate of drug-likeness (QED) is 0.597. The molecular formula is C26H36ClFN4O. The number of carbonyl (C=O) groups excluding carboxylic acids is 1. The first-order valence-electron chi connectivity index (χ1n) is 12.0. The Bertz CT molecular complexity index is 1000. The first kappa shape index (κ1) is 24.2. The molecule has 1 saturated carbocycles.